The summed E-state index contributed by atoms with van der Waals surface area (Å²) in [6.45, 7) is 1.78. The summed E-state index contributed by atoms with van der Waals surface area (Å²) >= 11 is 14.5. The van der Waals surface area contributed by atoms with E-state index in [9.17, 15) is 9.18 Å². The number of benzene rings is 2. The van der Waals surface area contributed by atoms with E-state index < -0.39 is 11.9 Å². The van der Waals surface area contributed by atoms with Crippen molar-refractivity contribution in [3.63, 3.8) is 0 Å². The number of carbonyl (C=O) groups is 1. The maximum atomic E-state index is 13.2. The first-order valence-corrected chi connectivity index (χ1v) is 12.6. The SMILES string of the molecule is CC(Oc1ccc(F)cc1Cl)c1nnc(SCC(=O)Nc2nc(-c3ccc(Cl)cc3)cs2)n1C. The van der Waals surface area contributed by atoms with Gasteiger partial charge in [-0.2, -0.15) is 0 Å². The van der Waals surface area contributed by atoms with Crippen LogP contribution in [0.4, 0.5) is 9.52 Å². The van der Waals surface area contributed by atoms with Crippen LogP contribution in [-0.2, 0) is 11.8 Å². The molecule has 0 aliphatic carbocycles. The average Bonchev–Trinajstić information content (AvgIpc) is 3.41. The van der Waals surface area contributed by atoms with Crippen molar-refractivity contribution in [3.05, 3.63) is 69.5 Å². The van der Waals surface area contributed by atoms with Crippen molar-refractivity contribution in [3.8, 4) is 17.0 Å². The molecule has 0 saturated heterocycles. The largest absolute Gasteiger partial charge is 0.481 e. The van der Waals surface area contributed by atoms with Gasteiger partial charge in [0.2, 0.25) is 5.91 Å². The van der Waals surface area contributed by atoms with Gasteiger partial charge in [-0.25, -0.2) is 9.37 Å². The predicted molar refractivity (Wildman–Crippen MR) is 133 cm³/mol. The molecule has 0 aliphatic rings. The third-order valence-electron chi connectivity index (χ3n) is 4.65. The Kier molecular flexibility index (Phi) is 7.72. The van der Waals surface area contributed by atoms with Gasteiger partial charge in [0.15, 0.2) is 22.2 Å². The van der Waals surface area contributed by atoms with E-state index in [-0.39, 0.29) is 16.7 Å². The fourth-order valence-electron chi connectivity index (χ4n) is 2.99. The summed E-state index contributed by atoms with van der Waals surface area (Å²) < 4.78 is 20.8. The molecule has 12 heteroatoms. The molecule has 1 N–H and O–H groups in total. The van der Waals surface area contributed by atoms with Crippen molar-refractivity contribution in [2.24, 2.45) is 7.05 Å². The Bertz CT molecular complexity index is 1310. The Morgan fingerprint density at radius 1 is 1.24 bits per heavy atom. The number of halogens is 3. The Labute approximate surface area is 213 Å². The molecule has 1 unspecified atom stereocenters. The van der Waals surface area contributed by atoms with Crippen molar-refractivity contribution >= 4 is 57.3 Å². The van der Waals surface area contributed by atoms with E-state index in [0.717, 1.165) is 11.3 Å². The average molecular weight is 538 g/mol. The summed E-state index contributed by atoms with van der Waals surface area (Å²) in [6.07, 6.45) is -0.495. The molecule has 0 fully saturated rings. The van der Waals surface area contributed by atoms with Crippen LogP contribution < -0.4 is 10.1 Å². The molecule has 1 amide bonds. The normalized spacial score (nSPS) is 11.9. The maximum Gasteiger partial charge on any atom is 0.236 e. The zero-order valence-corrected chi connectivity index (χ0v) is 21.1. The number of carbonyl (C=O) groups excluding carboxylic acids is 1. The number of anilines is 1. The number of nitrogens with zero attached hydrogens (tertiary/aromatic N) is 4. The highest BCUT2D eigenvalue weighted by molar-refractivity contribution is 7.99. The molecular formula is C22H18Cl2FN5O2S2. The minimum absolute atomic E-state index is 0.126. The van der Waals surface area contributed by atoms with Gasteiger partial charge in [-0.05, 0) is 37.3 Å². The molecule has 2 heterocycles. The van der Waals surface area contributed by atoms with Crippen LogP contribution in [0.15, 0.2) is 53.0 Å². The first-order chi connectivity index (χ1) is 16.3. The highest BCUT2D eigenvalue weighted by atomic mass is 35.5. The lowest BCUT2D eigenvalue weighted by atomic mass is 10.2. The van der Waals surface area contributed by atoms with Crippen LogP contribution in [0, 0.1) is 5.82 Å². The van der Waals surface area contributed by atoms with Gasteiger partial charge in [0.1, 0.15) is 11.6 Å². The van der Waals surface area contributed by atoms with Gasteiger partial charge < -0.3 is 14.6 Å². The number of amides is 1. The summed E-state index contributed by atoms with van der Waals surface area (Å²) in [5.41, 5.74) is 1.68. The molecule has 4 aromatic rings. The Morgan fingerprint density at radius 2 is 2.00 bits per heavy atom. The van der Waals surface area contributed by atoms with Crippen LogP contribution in [0.3, 0.4) is 0 Å². The molecule has 2 aromatic carbocycles. The fourth-order valence-corrected chi connectivity index (χ4v) is 4.78. The zero-order chi connectivity index (χ0) is 24.2. The number of thiazole rings is 1. The number of rotatable bonds is 8. The van der Waals surface area contributed by atoms with E-state index in [4.69, 9.17) is 27.9 Å². The fraction of sp³-hybridized carbons (Fsp3) is 0.182. The quantitative estimate of drug-likeness (QED) is 0.267. The zero-order valence-electron chi connectivity index (χ0n) is 18.0. The van der Waals surface area contributed by atoms with E-state index >= 15 is 0 Å². The van der Waals surface area contributed by atoms with Crippen LogP contribution in [-0.4, -0.2) is 31.4 Å². The number of hydrogen-bond acceptors (Lipinski definition) is 7. The molecule has 1 atom stereocenters. The lowest BCUT2D eigenvalue weighted by molar-refractivity contribution is -0.113. The maximum absolute atomic E-state index is 13.2. The van der Waals surface area contributed by atoms with Crippen molar-refractivity contribution in [1.29, 1.82) is 0 Å². The number of hydrogen-bond donors (Lipinski definition) is 1. The number of ether oxygens (including phenoxy) is 1. The molecule has 4 rings (SSSR count). The van der Waals surface area contributed by atoms with Crippen LogP contribution in [0.1, 0.15) is 18.9 Å². The molecule has 34 heavy (non-hydrogen) atoms. The predicted octanol–water partition coefficient (Wildman–Crippen LogP) is 6.26. The van der Waals surface area contributed by atoms with Gasteiger partial charge in [0.25, 0.3) is 0 Å². The monoisotopic (exact) mass is 537 g/mol. The first-order valence-electron chi connectivity index (χ1n) is 9.95. The Morgan fingerprint density at radius 3 is 2.74 bits per heavy atom. The molecule has 2 aromatic heterocycles. The highest BCUT2D eigenvalue weighted by Crippen LogP contribution is 2.30. The van der Waals surface area contributed by atoms with Crippen LogP contribution in [0.2, 0.25) is 10.0 Å². The van der Waals surface area contributed by atoms with Gasteiger partial charge in [0, 0.05) is 23.0 Å². The van der Waals surface area contributed by atoms with E-state index in [1.807, 2.05) is 17.5 Å². The molecule has 0 bridgehead atoms. The molecular weight excluding hydrogens is 520 g/mol. The molecule has 176 valence electrons. The van der Waals surface area contributed by atoms with Gasteiger partial charge in [-0.1, -0.05) is 47.1 Å². The number of nitrogens with one attached hydrogen (secondary N) is 1. The second-order valence-electron chi connectivity index (χ2n) is 7.12. The summed E-state index contributed by atoms with van der Waals surface area (Å²) in [5.74, 6) is 0.346. The smallest absolute Gasteiger partial charge is 0.236 e. The van der Waals surface area contributed by atoms with Crippen LogP contribution in [0.5, 0.6) is 5.75 Å². The Hall–Kier alpha value is -2.66. The third-order valence-corrected chi connectivity index (χ3v) is 6.98. The lowest BCUT2D eigenvalue weighted by Crippen LogP contribution is -2.14. The van der Waals surface area contributed by atoms with Crippen molar-refractivity contribution in [2.45, 2.75) is 18.2 Å². The highest BCUT2D eigenvalue weighted by Gasteiger charge is 2.19. The molecule has 0 radical (unpaired) electrons. The molecule has 0 saturated carbocycles. The van der Waals surface area contributed by atoms with E-state index in [2.05, 4.69) is 20.5 Å². The molecule has 0 spiro atoms. The van der Waals surface area contributed by atoms with E-state index in [1.54, 1.807) is 30.7 Å². The van der Waals surface area contributed by atoms with Crippen molar-refractivity contribution < 1.29 is 13.9 Å². The van der Waals surface area contributed by atoms with Crippen LogP contribution in [0.25, 0.3) is 11.3 Å². The van der Waals surface area contributed by atoms with E-state index in [1.165, 1.54) is 41.3 Å². The topological polar surface area (TPSA) is 81.9 Å². The van der Waals surface area contributed by atoms with Gasteiger partial charge >= 0.3 is 0 Å². The van der Waals surface area contributed by atoms with Gasteiger partial charge in [-0.15, -0.1) is 21.5 Å². The standard InChI is InChI=1S/C22H18Cl2FN5O2S2/c1-12(32-18-8-7-15(25)9-16(18)24)20-28-29-22(30(20)2)34-11-19(31)27-21-26-17(10-33-21)13-3-5-14(23)6-4-13/h3-10,12H,11H2,1-2H3,(H,26,27,31). The third kappa shape index (κ3) is 5.87. The van der Waals surface area contributed by atoms with Crippen molar-refractivity contribution in [1.82, 2.24) is 19.7 Å². The number of aromatic nitrogens is 4. The summed E-state index contributed by atoms with van der Waals surface area (Å²) in [4.78, 5) is 16.9. The second-order valence-corrected chi connectivity index (χ2v) is 9.76. The molecule has 7 nitrogen and oxygen atoms in total. The van der Waals surface area contributed by atoms with Crippen LogP contribution >= 0.6 is 46.3 Å². The van der Waals surface area contributed by atoms with Crippen molar-refractivity contribution in [2.75, 3.05) is 11.1 Å². The Balaban J connectivity index is 1.33. The number of thioether (sulfide) groups is 1. The van der Waals surface area contributed by atoms with E-state index in [0.29, 0.717) is 26.9 Å². The summed E-state index contributed by atoms with van der Waals surface area (Å²) in [6, 6.07) is 11.2. The summed E-state index contributed by atoms with van der Waals surface area (Å²) in [5, 5.41) is 14.9. The lowest BCUT2D eigenvalue weighted by Gasteiger charge is -2.15. The molecule has 0 aliphatic heterocycles. The first kappa shape index (κ1) is 24.5. The van der Waals surface area contributed by atoms with Gasteiger partial charge in [0.05, 0.1) is 16.5 Å². The minimum atomic E-state index is -0.495. The van der Waals surface area contributed by atoms with Gasteiger partial charge in [-0.3, -0.25) is 4.79 Å². The summed E-state index contributed by atoms with van der Waals surface area (Å²) in [7, 11) is 1.78. The minimum Gasteiger partial charge on any atom is -0.481 e. The second kappa shape index (κ2) is 10.7.